The van der Waals surface area contributed by atoms with Crippen LogP contribution in [0.5, 0.6) is 0 Å². The number of nitrogens with zero attached hydrogens (tertiary/aromatic N) is 2. The second-order valence-electron chi connectivity index (χ2n) is 8.04. The minimum Gasteiger partial charge on any atom is -0.345 e. The maximum Gasteiger partial charge on any atom is 0.322 e. The van der Waals surface area contributed by atoms with Crippen LogP contribution in [-0.2, 0) is 13.1 Å². The molecule has 0 bridgehead atoms. The van der Waals surface area contributed by atoms with Crippen LogP contribution in [0.3, 0.4) is 0 Å². The van der Waals surface area contributed by atoms with Gasteiger partial charge in [-0.05, 0) is 55.2 Å². The molecule has 1 N–H and O–H groups in total. The molecule has 0 unspecified atom stereocenters. The number of amides is 2. The monoisotopic (exact) mass is 389 g/mol. The SMILES string of the molecule is CC(C)c1ccc(NC(=O)N(Cc2cccn2Cc2ccccc2)C(C)C)cc1. The van der Waals surface area contributed by atoms with Crippen LogP contribution in [0.4, 0.5) is 10.5 Å². The van der Waals surface area contributed by atoms with Crippen LogP contribution in [0.15, 0.2) is 72.9 Å². The van der Waals surface area contributed by atoms with Crippen molar-refractivity contribution in [1.82, 2.24) is 9.47 Å². The normalized spacial score (nSPS) is 11.1. The fourth-order valence-corrected chi connectivity index (χ4v) is 3.34. The van der Waals surface area contributed by atoms with Gasteiger partial charge >= 0.3 is 6.03 Å². The van der Waals surface area contributed by atoms with Gasteiger partial charge in [0.1, 0.15) is 0 Å². The summed E-state index contributed by atoms with van der Waals surface area (Å²) in [5.74, 6) is 0.476. The lowest BCUT2D eigenvalue weighted by Crippen LogP contribution is -2.40. The van der Waals surface area contributed by atoms with Crippen LogP contribution in [0.2, 0.25) is 0 Å². The first kappa shape index (κ1) is 20.7. The molecule has 0 spiro atoms. The van der Waals surface area contributed by atoms with Crippen LogP contribution in [0.25, 0.3) is 0 Å². The van der Waals surface area contributed by atoms with Crippen LogP contribution >= 0.6 is 0 Å². The van der Waals surface area contributed by atoms with Crippen molar-refractivity contribution in [2.24, 2.45) is 0 Å². The number of anilines is 1. The summed E-state index contributed by atoms with van der Waals surface area (Å²) in [6.07, 6.45) is 2.07. The van der Waals surface area contributed by atoms with E-state index >= 15 is 0 Å². The van der Waals surface area contributed by atoms with E-state index in [1.54, 1.807) is 0 Å². The summed E-state index contributed by atoms with van der Waals surface area (Å²) in [7, 11) is 0. The van der Waals surface area contributed by atoms with Crippen molar-refractivity contribution >= 4 is 11.7 Å². The first-order valence-electron chi connectivity index (χ1n) is 10.3. The molecule has 2 aromatic carbocycles. The van der Waals surface area contributed by atoms with Crippen LogP contribution in [0, 0.1) is 0 Å². The van der Waals surface area contributed by atoms with E-state index in [9.17, 15) is 4.79 Å². The van der Waals surface area contributed by atoms with E-state index in [2.05, 4.69) is 72.4 Å². The highest BCUT2D eigenvalue weighted by molar-refractivity contribution is 5.89. The van der Waals surface area contributed by atoms with E-state index in [-0.39, 0.29) is 12.1 Å². The fraction of sp³-hybridized carbons (Fsp3) is 0.320. The molecule has 0 fully saturated rings. The number of rotatable bonds is 7. The summed E-state index contributed by atoms with van der Waals surface area (Å²) in [6, 6.07) is 22.6. The standard InChI is InChI=1S/C25H31N3O/c1-19(2)22-12-14-23(15-13-22)26-25(29)28(20(3)4)18-24-11-8-16-27(24)17-21-9-6-5-7-10-21/h5-16,19-20H,17-18H2,1-4H3,(H,26,29). The van der Waals surface area contributed by atoms with Crippen molar-refractivity contribution in [3.8, 4) is 0 Å². The van der Waals surface area contributed by atoms with Crippen molar-refractivity contribution in [1.29, 1.82) is 0 Å². The number of nitrogens with one attached hydrogen (secondary N) is 1. The molecule has 0 atom stereocenters. The Morgan fingerprint density at radius 2 is 1.62 bits per heavy atom. The number of carbonyl (C=O) groups is 1. The zero-order valence-electron chi connectivity index (χ0n) is 17.8. The van der Waals surface area contributed by atoms with Crippen molar-refractivity contribution < 1.29 is 4.79 Å². The third-order valence-corrected chi connectivity index (χ3v) is 5.16. The molecule has 1 aromatic heterocycles. The number of hydrogen-bond donors (Lipinski definition) is 1. The van der Waals surface area contributed by atoms with E-state index in [1.165, 1.54) is 11.1 Å². The minimum absolute atomic E-state index is 0.0789. The maximum atomic E-state index is 13.0. The fourth-order valence-electron chi connectivity index (χ4n) is 3.34. The number of urea groups is 1. The van der Waals surface area contributed by atoms with Crippen molar-refractivity contribution in [2.45, 2.75) is 52.7 Å². The molecular weight excluding hydrogens is 358 g/mol. The number of benzene rings is 2. The van der Waals surface area contributed by atoms with E-state index in [1.807, 2.05) is 43.0 Å². The maximum absolute atomic E-state index is 13.0. The summed E-state index contributed by atoms with van der Waals surface area (Å²) < 4.78 is 2.20. The van der Waals surface area contributed by atoms with Gasteiger partial charge in [-0.1, -0.05) is 56.3 Å². The van der Waals surface area contributed by atoms with Gasteiger partial charge in [-0.2, -0.15) is 0 Å². The van der Waals surface area contributed by atoms with Gasteiger partial charge in [-0.15, -0.1) is 0 Å². The van der Waals surface area contributed by atoms with Crippen molar-refractivity contribution in [2.75, 3.05) is 5.32 Å². The van der Waals surface area contributed by atoms with Gasteiger partial charge in [0.15, 0.2) is 0 Å². The predicted octanol–water partition coefficient (Wildman–Crippen LogP) is 6.10. The molecule has 152 valence electrons. The van der Waals surface area contributed by atoms with Gasteiger partial charge in [0, 0.05) is 30.2 Å². The average molecular weight is 390 g/mol. The Kier molecular flexibility index (Phi) is 6.76. The molecule has 29 heavy (non-hydrogen) atoms. The van der Waals surface area contributed by atoms with Gasteiger partial charge in [0.2, 0.25) is 0 Å². The van der Waals surface area contributed by atoms with Gasteiger partial charge in [-0.3, -0.25) is 0 Å². The Morgan fingerprint density at radius 1 is 0.931 bits per heavy atom. The molecule has 3 aromatic rings. The van der Waals surface area contributed by atoms with Gasteiger partial charge < -0.3 is 14.8 Å². The number of aromatic nitrogens is 1. The molecule has 4 heteroatoms. The Labute approximate surface area is 174 Å². The molecule has 0 saturated carbocycles. The molecular formula is C25H31N3O. The van der Waals surface area contributed by atoms with Gasteiger partial charge in [-0.25, -0.2) is 4.79 Å². The zero-order valence-corrected chi connectivity index (χ0v) is 17.8. The Bertz CT molecular complexity index is 911. The van der Waals surface area contributed by atoms with Crippen LogP contribution < -0.4 is 5.32 Å². The molecule has 0 aliphatic carbocycles. The van der Waals surface area contributed by atoms with Crippen LogP contribution in [0.1, 0.15) is 50.4 Å². The van der Waals surface area contributed by atoms with Crippen LogP contribution in [-0.4, -0.2) is 21.5 Å². The lowest BCUT2D eigenvalue weighted by Gasteiger charge is -2.27. The van der Waals surface area contributed by atoms with Crippen molar-refractivity contribution in [3.63, 3.8) is 0 Å². The Balaban J connectivity index is 1.70. The topological polar surface area (TPSA) is 37.3 Å². The quantitative estimate of drug-likeness (QED) is 0.521. The summed E-state index contributed by atoms with van der Waals surface area (Å²) in [4.78, 5) is 14.8. The molecule has 0 saturated heterocycles. The Hall–Kier alpha value is -3.01. The molecule has 1 heterocycles. The van der Waals surface area contributed by atoms with Gasteiger partial charge in [0.25, 0.3) is 0 Å². The first-order valence-corrected chi connectivity index (χ1v) is 10.3. The van der Waals surface area contributed by atoms with Crippen molar-refractivity contribution in [3.05, 3.63) is 89.7 Å². The zero-order chi connectivity index (χ0) is 20.8. The van der Waals surface area contributed by atoms with E-state index < -0.39 is 0 Å². The van der Waals surface area contributed by atoms with Gasteiger partial charge in [0.05, 0.1) is 6.54 Å². The molecule has 0 aliphatic heterocycles. The lowest BCUT2D eigenvalue weighted by atomic mass is 10.0. The largest absolute Gasteiger partial charge is 0.345 e. The molecule has 0 aliphatic rings. The number of hydrogen-bond acceptors (Lipinski definition) is 1. The third kappa shape index (κ3) is 5.50. The summed E-state index contributed by atoms with van der Waals surface area (Å²) >= 11 is 0. The summed E-state index contributed by atoms with van der Waals surface area (Å²) in [5.41, 5.74) is 4.45. The highest BCUT2D eigenvalue weighted by Crippen LogP contribution is 2.19. The Morgan fingerprint density at radius 3 is 2.24 bits per heavy atom. The molecule has 4 nitrogen and oxygen atoms in total. The van der Waals surface area contributed by atoms with E-state index in [0.717, 1.165) is 17.9 Å². The smallest absolute Gasteiger partial charge is 0.322 e. The highest BCUT2D eigenvalue weighted by atomic mass is 16.2. The predicted molar refractivity (Wildman–Crippen MR) is 120 cm³/mol. The second-order valence-corrected chi connectivity index (χ2v) is 8.04. The van der Waals surface area contributed by atoms with E-state index in [4.69, 9.17) is 0 Å². The molecule has 0 radical (unpaired) electrons. The second kappa shape index (κ2) is 9.46. The average Bonchev–Trinajstić information content (AvgIpc) is 3.13. The third-order valence-electron chi connectivity index (χ3n) is 5.16. The summed E-state index contributed by atoms with van der Waals surface area (Å²) in [5, 5.41) is 3.05. The molecule has 3 rings (SSSR count). The highest BCUT2D eigenvalue weighted by Gasteiger charge is 2.19. The molecule has 2 amide bonds. The lowest BCUT2D eigenvalue weighted by molar-refractivity contribution is 0.192. The summed E-state index contributed by atoms with van der Waals surface area (Å²) in [6.45, 7) is 9.79. The van der Waals surface area contributed by atoms with E-state index in [0.29, 0.717) is 12.5 Å². The first-order chi connectivity index (χ1) is 13.9. The minimum atomic E-state index is -0.0789. The number of carbonyl (C=O) groups excluding carboxylic acids is 1.